The van der Waals surface area contributed by atoms with Crippen molar-refractivity contribution in [2.45, 2.75) is 44.4 Å². The fourth-order valence-corrected chi connectivity index (χ4v) is 2.63. The van der Waals surface area contributed by atoms with E-state index in [1.165, 1.54) is 5.56 Å². The predicted molar refractivity (Wildman–Crippen MR) is 94.3 cm³/mol. The zero-order chi connectivity index (χ0) is 18.7. The van der Waals surface area contributed by atoms with Gasteiger partial charge in [-0.05, 0) is 47.9 Å². The summed E-state index contributed by atoms with van der Waals surface area (Å²) in [5, 5.41) is 18.9. The number of ether oxygens (including phenoxy) is 3. The van der Waals surface area contributed by atoms with E-state index in [-0.39, 0.29) is 6.61 Å². The maximum atomic E-state index is 13.9. The molecule has 0 aliphatic carbocycles. The molecule has 26 heavy (non-hydrogen) atoms. The average Bonchev–Trinajstić information content (AvgIpc) is 2.64. The highest BCUT2D eigenvalue weighted by Crippen LogP contribution is 2.27. The van der Waals surface area contributed by atoms with E-state index in [9.17, 15) is 14.6 Å². The van der Waals surface area contributed by atoms with E-state index in [0.717, 1.165) is 5.75 Å². The van der Waals surface area contributed by atoms with Crippen LogP contribution in [0.2, 0.25) is 0 Å². The van der Waals surface area contributed by atoms with Crippen LogP contribution in [0, 0.1) is 0 Å². The van der Waals surface area contributed by atoms with Gasteiger partial charge in [0.05, 0.1) is 6.61 Å². The van der Waals surface area contributed by atoms with Crippen molar-refractivity contribution in [3.8, 4) is 17.2 Å². The van der Waals surface area contributed by atoms with Gasteiger partial charge in [0.2, 0.25) is 6.29 Å². The van der Waals surface area contributed by atoms with E-state index >= 15 is 0 Å². The standard InChI is InChI=1S/C20H23FO5/c1-12(2)13-3-5-14(6-4-13)25-15-7-9-16(10-8-15)26-20-18(21)19(23)17(22)11-24-20/h3-10,12,17-20,22-23H,11H2,1-2H3/t17-,18+,19-,20+/m0/s1. The third kappa shape index (κ3) is 4.33. The molecule has 140 valence electrons. The Hall–Kier alpha value is -2.15. The number of benzene rings is 2. The fraction of sp³-hybridized carbons (Fsp3) is 0.400. The summed E-state index contributed by atoms with van der Waals surface area (Å²) in [5.41, 5.74) is 1.24. The SMILES string of the molecule is CC(C)c1ccc(Oc2ccc(O[C@H]3OC[C@H](O)[C@H](O)[C@H]3F)cc2)cc1. The lowest BCUT2D eigenvalue weighted by atomic mass is 10.0. The van der Waals surface area contributed by atoms with Crippen molar-refractivity contribution in [2.75, 3.05) is 6.61 Å². The van der Waals surface area contributed by atoms with Crippen molar-refractivity contribution >= 4 is 0 Å². The van der Waals surface area contributed by atoms with Crippen LogP contribution in [0.5, 0.6) is 17.2 Å². The van der Waals surface area contributed by atoms with Crippen molar-refractivity contribution in [1.29, 1.82) is 0 Å². The van der Waals surface area contributed by atoms with Gasteiger partial charge in [0, 0.05) is 0 Å². The van der Waals surface area contributed by atoms with Gasteiger partial charge in [0.1, 0.15) is 29.5 Å². The van der Waals surface area contributed by atoms with Gasteiger partial charge in [-0.25, -0.2) is 4.39 Å². The largest absolute Gasteiger partial charge is 0.462 e. The van der Waals surface area contributed by atoms with Gasteiger partial charge in [-0.1, -0.05) is 26.0 Å². The highest BCUT2D eigenvalue weighted by Gasteiger charge is 2.40. The molecule has 1 aliphatic rings. The first kappa shape index (κ1) is 18.6. The number of rotatable bonds is 5. The minimum absolute atomic E-state index is 0.181. The van der Waals surface area contributed by atoms with E-state index < -0.39 is 24.7 Å². The molecule has 6 heteroatoms. The molecule has 2 N–H and O–H groups in total. The Morgan fingerprint density at radius 2 is 1.50 bits per heavy atom. The molecular weight excluding hydrogens is 339 g/mol. The van der Waals surface area contributed by atoms with Gasteiger partial charge >= 0.3 is 0 Å². The smallest absolute Gasteiger partial charge is 0.234 e. The number of hydrogen-bond acceptors (Lipinski definition) is 5. The normalized spacial score (nSPS) is 25.9. The van der Waals surface area contributed by atoms with Crippen molar-refractivity contribution in [1.82, 2.24) is 0 Å². The lowest BCUT2D eigenvalue weighted by Gasteiger charge is -2.33. The van der Waals surface area contributed by atoms with Gasteiger partial charge in [-0.2, -0.15) is 0 Å². The second-order valence-electron chi connectivity index (χ2n) is 6.62. The van der Waals surface area contributed by atoms with Gasteiger partial charge < -0.3 is 24.4 Å². The highest BCUT2D eigenvalue weighted by molar-refractivity contribution is 5.36. The Morgan fingerprint density at radius 1 is 0.962 bits per heavy atom. The molecule has 2 aromatic rings. The predicted octanol–water partition coefficient (Wildman–Crippen LogP) is 3.40. The minimum Gasteiger partial charge on any atom is -0.462 e. The molecule has 0 saturated carbocycles. The third-order valence-electron chi connectivity index (χ3n) is 4.27. The molecule has 3 rings (SSSR count). The highest BCUT2D eigenvalue weighted by atomic mass is 19.1. The molecule has 0 bridgehead atoms. The first-order chi connectivity index (χ1) is 12.4. The minimum atomic E-state index is -1.82. The van der Waals surface area contributed by atoms with E-state index in [0.29, 0.717) is 17.4 Å². The number of aliphatic hydroxyl groups is 2. The maximum Gasteiger partial charge on any atom is 0.234 e. The summed E-state index contributed by atoms with van der Waals surface area (Å²) < 4.78 is 30.2. The van der Waals surface area contributed by atoms with Crippen LogP contribution in [0.25, 0.3) is 0 Å². The van der Waals surface area contributed by atoms with E-state index in [4.69, 9.17) is 14.2 Å². The molecule has 0 unspecified atom stereocenters. The van der Waals surface area contributed by atoms with Crippen molar-refractivity contribution in [3.63, 3.8) is 0 Å². The summed E-state index contributed by atoms with van der Waals surface area (Å²) in [6.07, 6.45) is -5.86. The summed E-state index contributed by atoms with van der Waals surface area (Å²) in [4.78, 5) is 0. The van der Waals surface area contributed by atoms with E-state index in [1.54, 1.807) is 24.3 Å². The summed E-state index contributed by atoms with van der Waals surface area (Å²) in [5.74, 6) is 2.18. The molecule has 1 heterocycles. The third-order valence-corrected chi connectivity index (χ3v) is 4.27. The van der Waals surface area contributed by atoms with Crippen molar-refractivity contribution in [3.05, 3.63) is 54.1 Å². The van der Waals surface area contributed by atoms with Gasteiger partial charge in [-0.3, -0.25) is 0 Å². The first-order valence-electron chi connectivity index (χ1n) is 8.60. The van der Waals surface area contributed by atoms with Gasteiger partial charge in [-0.15, -0.1) is 0 Å². The fourth-order valence-electron chi connectivity index (χ4n) is 2.63. The molecule has 2 aromatic carbocycles. The van der Waals surface area contributed by atoms with Crippen LogP contribution in [-0.2, 0) is 4.74 Å². The Balaban J connectivity index is 1.60. The van der Waals surface area contributed by atoms with E-state index in [2.05, 4.69) is 13.8 Å². The van der Waals surface area contributed by atoms with Gasteiger partial charge in [0.25, 0.3) is 0 Å². The first-order valence-corrected chi connectivity index (χ1v) is 8.60. The van der Waals surface area contributed by atoms with Crippen LogP contribution < -0.4 is 9.47 Å². The molecule has 0 aromatic heterocycles. The quantitative estimate of drug-likeness (QED) is 0.853. The maximum absolute atomic E-state index is 13.9. The Kier molecular flexibility index (Phi) is 5.76. The van der Waals surface area contributed by atoms with Crippen LogP contribution in [0.3, 0.4) is 0 Å². The lowest BCUT2D eigenvalue weighted by Crippen LogP contribution is -2.52. The van der Waals surface area contributed by atoms with Crippen LogP contribution in [-0.4, -0.2) is 41.5 Å². The second kappa shape index (κ2) is 8.03. The summed E-state index contributed by atoms with van der Waals surface area (Å²) >= 11 is 0. The summed E-state index contributed by atoms with van der Waals surface area (Å²) in [6.45, 7) is 4.08. The average molecular weight is 362 g/mol. The monoisotopic (exact) mass is 362 g/mol. The Labute approximate surface area is 151 Å². The van der Waals surface area contributed by atoms with Crippen molar-refractivity contribution < 1.29 is 28.8 Å². The zero-order valence-electron chi connectivity index (χ0n) is 14.7. The van der Waals surface area contributed by atoms with Crippen LogP contribution in [0.1, 0.15) is 25.3 Å². The number of halogens is 1. The topological polar surface area (TPSA) is 68.2 Å². The van der Waals surface area contributed by atoms with Crippen molar-refractivity contribution in [2.24, 2.45) is 0 Å². The lowest BCUT2D eigenvalue weighted by molar-refractivity contribution is -0.222. The van der Waals surface area contributed by atoms with Crippen LogP contribution in [0.4, 0.5) is 4.39 Å². The Morgan fingerprint density at radius 3 is 2.08 bits per heavy atom. The van der Waals surface area contributed by atoms with Gasteiger partial charge in [0.15, 0.2) is 6.17 Å². The number of hydrogen-bond donors (Lipinski definition) is 2. The van der Waals surface area contributed by atoms with E-state index in [1.807, 2.05) is 24.3 Å². The van der Waals surface area contributed by atoms with Crippen LogP contribution in [0.15, 0.2) is 48.5 Å². The molecule has 0 spiro atoms. The Bertz CT molecular complexity index is 701. The molecular formula is C20H23FO5. The second-order valence-corrected chi connectivity index (χ2v) is 6.62. The van der Waals surface area contributed by atoms with Crippen LogP contribution >= 0.6 is 0 Å². The number of alkyl halides is 1. The molecule has 1 fully saturated rings. The molecule has 0 amide bonds. The molecule has 1 saturated heterocycles. The molecule has 1 aliphatic heterocycles. The molecule has 0 radical (unpaired) electrons. The molecule has 5 nitrogen and oxygen atoms in total. The molecule has 4 atom stereocenters. The zero-order valence-corrected chi connectivity index (χ0v) is 14.7. The summed E-state index contributed by atoms with van der Waals surface area (Å²) in [6, 6.07) is 14.5. The summed E-state index contributed by atoms with van der Waals surface area (Å²) in [7, 11) is 0. The number of aliphatic hydroxyl groups excluding tert-OH is 2.